The lowest BCUT2D eigenvalue weighted by Crippen LogP contribution is -2.08. The average molecular weight is 170 g/mol. The fraction of sp³-hybridized carbons (Fsp3) is 1.00. The van der Waals surface area contributed by atoms with E-state index in [-0.39, 0.29) is 0 Å². The van der Waals surface area contributed by atoms with Gasteiger partial charge in [-0.2, -0.15) is 0 Å². The summed E-state index contributed by atoms with van der Waals surface area (Å²) >= 11 is 0. The summed E-state index contributed by atoms with van der Waals surface area (Å²) in [7, 11) is 0. The maximum atomic E-state index is 2.40. The maximum Gasteiger partial charge on any atom is -0.0351 e. The summed E-state index contributed by atoms with van der Waals surface area (Å²) in [5, 5.41) is 0. The average Bonchev–Trinajstić information content (AvgIpc) is 2.35. The summed E-state index contributed by atoms with van der Waals surface area (Å²) in [5.41, 5.74) is 0.648. The zero-order valence-electron chi connectivity index (χ0n) is 9.78. The largest absolute Gasteiger partial charge is 0.0683 e. The zero-order chi connectivity index (χ0) is 9.78. The van der Waals surface area contributed by atoms with Crippen molar-refractivity contribution in [2.24, 2.45) is 17.3 Å². The number of hydrogen-bond donors (Lipinski definition) is 0. The molecule has 0 N–H and O–H groups in total. The maximum absolute atomic E-state index is 2.40. The normalized spacial score (nSPS) is 26.8. The van der Waals surface area contributed by atoms with Gasteiger partial charge in [-0.05, 0) is 36.5 Å². The van der Waals surface area contributed by atoms with Crippen LogP contribution in [0.5, 0.6) is 0 Å². The topological polar surface area (TPSA) is 0 Å². The number of hydrogen-bond acceptors (Lipinski definition) is 0. The van der Waals surface area contributed by atoms with Gasteiger partial charge in [-0.15, -0.1) is 0 Å². The van der Waals surface area contributed by atoms with Crippen molar-refractivity contribution in [1.29, 1.82) is 0 Å². The third-order valence-electron chi connectivity index (χ3n) is 2.95. The fourth-order valence-electron chi connectivity index (χ4n) is 2.06. The molecule has 0 amide bonds. The van der Waals surface area contributed by atoms with Crippen molar-refractivity contribution in [2.75, 3.05) is 0 Å². The Labute approximate surface area is 78.8 Å². The Morgan fingerprint density at radius 3 is 1.83 bits per heavy atom. The minimum Gasteiger partial charge on any atom is -0.0683 e. The van der Waals surface area contributed by atoms with Crippen molar-refractivity contribution < 1.29 is 0 Å². The summed E-state index contributed by atoms with van der Waals surface area (Å²) in [6.07, 6.45) is 4.35. The van der Waals surface area contributed by atoms with Gasteiger partial charge in [-0.1, -0.05) is 41.5 Å². The Kier molecular flexibility index (Phi) is 4.89. The molecule has 0 aromatic heterocycles. The van der Waals surface area contributed by atoms with Crippen LogP contribution in [0.25, 0.3) is 0 Å². The molecule has 1 saturated carbocycles. The summed E-state index contributed by atoms with van der Waals surface area (Å²) < 4.78 is 0. The van der Waals surface area contributed by atoms with Crippen LogP contribution in [0.3, 0.4) is 0 Å². The highest BCUT2D eigenvalue weighted by atomic mass is 14.4. The van der Waals surface area contributed by atoms with Gasteiger partial charge in [0.1, 0.15) is 0 Å². The molecule has 0 nitrogen and oxygen atoms in total. The van der Waals surface area contributed by atoms with Gasteiger partial charge in [0.25, 0.3) is 0 Å². The summed E-state index contributed by atoms with van der Waals surface area (Å²) in [5.74, 6) is 1.91. The molecule has 1 fully saturated rings. The van der Waals surface area contributed by atoms with Crippen molar-refractivity contribution in [2.45, 2.75) is 60.8 Å². The van der Waals surface area contributed by atoms with Gasteiger partial charge < -0.3 is 0 Å². The quantitative estimate of drug-likeness (QED) is 0.543. The minimum absolute atomic E-state index is 0.648. The van der Waals surface area contributed by atoms with Crippen molar-refractivity contribution in [3.8, 4) is 0 Å². The fourth-order valence-corrected chi connectivity index (χ4v) is 2.06. The SMILES string of the molecule is CC.CC(C)C1CCC(C)(C)C1. The molecule has 0 aliphatic heterocycles. The predicted octanol–water partition coefficient (Wildman–Crippen LogP) is 4.49. The van der Waals surface area contributed by atoms with Crippen LogP contribution < -0.4 is 0 Å². The van der Waals surface area contributed by atoms with E-state index < -0.39 is 0 Å². The molecule has 12 heavy (non-hydrogen) atoms. The van der Waals surface area contributed by atoms with Crippen molar-refractivity contribution in [3.63, 3.8) is 0 Å². The Bertz CT molecular complexity index is 111. The Balaban J connectivity index is 0.000000561. The Morgan fingerprint density at radius 2 is 1.67 bits per heavy atom. The van der Waals surface area contributed by atoms with E-state index in [4.69, 9.17) is 0 Å². The van der Waals surface area contributed by atoms with Gasteiger partial charge in [0.05, 0.1) is 0 Å². The lowest BCUT2D eigenvalue weighted by molar-refractivity contribution is 0.322. The van der Waals surface area contributed by atoms with E-state index in [2.05, 4.69) is 27.7 Å². The van der Waals surface area contributed by atoms with Crippen molar-refractivity contribution in [1.82, 2.24) is 0 Å². The van der Waals surface area contributed by atoms with Crippen LogP contribution in [-0.2, 0) is 0 Å². The molecule has 0 radical (unpaired) electrons. The molecular formula is C12H26. The monoisotopic (exact) mass is 170 g/mol. The highest BCUT2D eigenvalue weighted by molar-refractivity contribution is 4.83. The second-order valence-corrected chi connectivity index (χ2v) is 4.91. The molecule has 1 rings (SSSR count). The van der Waals surface area contributed by atoms with Crippen LogP contribution in [0.2, 0.25) is 0 Å². The van der Waals surface area contributed by atoms with Crippen LogP contribution >= 0.6 is 0 Å². The summed E-state index contributed by atoms with van der Waals surface area (Å²) in [6, 6.07) is 0. The van der Waals surface area contributed by atoms with Gasteiger partial charge in [0, 0.05) is 0 Å². The number of rotatable bonds is 1. The van der Waals surface area contributed by atoms with Crippen LogP contribution in [-0.4, -0.2) is 0 Å². The van der Waals surface area contributed by atoms with Crippen LogP contribution in [0.1, 0.15) is 60.8 Å². The van der Waals surface area contributed by atoms with E-state index in [1.165, 1.54) is 19.3 Å². The smallest absolute Gasteiger partial charge is 0.0351 e. The predicted molar refractivity (Wildman–Crippen MR) is 57.3 cm³/mol. The van der Waals surface area contributed by atoms with Gasteiger partial charge in [0.2, 0.25) is 0 Å². The molecule has 0 saturated heterocycles. The molecule has 74 valence electrons. The second kappa shape index (κ2) is 4.89. The van der Waals surface area contributed by atoms with E-state index in [0.717, 1.165) is 11.8 Å². The first kappa shape index (κ1) is 12.0. The highest BCUT2D eigenvalue weighted by Crippen LogP contribution is 2.43. The third-order valence-corrected chi connectivity index (χ3v) is 2.95. The lowest BCUT2D eigenvalue weighted by Gasteiger charge is -2.18. The molecule has 0 aromatic carbocycles. The molecule has 0 heterocycles. The van der Waals surface area contributed by atoms with Crippen molar-refractivity contribution >= 4 is 0 Å². The van der Waals surface area contributed by atoms with E-state index in [0.29, 0.717) is 5.41 Å². The molecule has 0 spiro atoms. The van der Waals surface area contributed by atoms with E-state index in [1.807, 2.05) is 13.8 Å². The first-order valence-corrected chi connectivity index (χ1v) is 5.51. The standard InChI is InChI=1S/C10H20.C2H6/c1-8(2)9-5-6-10(3,4)7-9;1-2/h8-9H,5-7H2,1-4H3;1-2H3. The first-order valence-electron chi connectivity index (χ1n) is 5.51. The van der Waals surface area contributed by atoms with Gasteiger partial charge >= 0.3 is 0 Å². The van der Waals surface area contributed by atoms with Gasteiger partial charge in [0.15, 0.2) is 0 Å². The van der Waals surface area contributed by atoms with Crippen molar-refractivity contribution in [3.05, 3.63) is 0 Å². The third kappa shape index (κ3) is 3.60. The highest BCUT2D eigenvalue weighted by Gasteiger charge is 2.31. The second-order valence-electron chi connectivity index (χ2n) is 4.91. The molecule has 1 atom stereocenters. The molecule has 1 aliphatic rings. The molecular weight excluding hydrogens is 144 g/mol. The Morgan fingerprint density at radius 1 is 1.17 bits per heavy atom. The molecule has 0 heteroatoms. The van der Waals surface area contributed by atoms with Crippen LogP contribution in [0, 0.1) is 17.3 Å². The van der Waals surface area contributed by atoms with E-state index in [1.54, 1.807) is 0 Å². The van der Waals surface area contributed by atoms with E-state index >= 15 is 0 Å². The van der Waals surface area contributed by atoms with Gasteiger partial charge in [-0.25, -0.2) is 0 Å². The molecule has 0 bridgehead atoms. The lowest BCUT2D eigenvalue weighted by atomic mass is 9.87. The molecule has 1 aliphatic carbocycles. The molecule has 1 unspecified atom stereocenters. The summed E-state index contributed by atoms with van der Waals surface area (Å²) in [4.78, 5) is 0. The van der Waals surface area contributed by atoms with E-state index in [9.17, 15) is 0 Å². The van der Waals surface area contributed by atoms with Gasteiger partial charge in [-0.3, -0.25) is 0 Å². The van der Waals surface area contributed by atoms with Crippen LogP contribution in [0.15, 0.2) is 0 Å². The minimum atomic E-state index is 0.648. The Hall–Kier alpha value is 0. The zero-order valence-corrected chi connectivity index (χ0v) is 9.78. The summed E-state index contributed by atoms with van der Waals surface area (Å²) in [6.45, 7) is 13.5. The molecule has 0 aromatic rings. The van der Waals surface area contributed by atoms with Crippen LogP contribution in [0.4, 0.5) is 0 Å². The first-order chi connectivity index (χ1) is 5.51.